The molecule has 0 aromatic heterocycles. The lowest BCUT2D eigenvalue weighted by Crippen LogP contribution is -2.49. The van der Waals surface area contributed by atoms with E-state index in [1.54, 1.807) is 19.2 Å². The molecule has 0 bridgehead atoms. The van der Waals surface area contributed by atoms with Gasteiger partial charge in [0, 0.05) is 31.8 Å². The first-order valence-electron chi connectivity index (χ1n) is 7.36. The van der Waals surface area contributed by atoms with Crippen LogP contribution in [0.25, 0.3) is 0 Å². The summed E-state index contributed by atoms with van der Waals surface area (Å²) in [6.45, 7) is 4.33. The van der Waals surface area contributed by atoms with Crippen LogP contribution in [0.4, 0.5) is 8.78 Å². The van der Waals surface area contributed by atoms with Gasteiger partial charge in [-0.2, -0.15) is 0 Å². The van der Waals surface area contributed by atoms with Crippen molar-refractivity contribution in [2.75, 3.05) is 26.7 Å². The number of hydrogen-bond donors (Lipinski definition) is 1. The van der Waals surface area contributed by atoms with Gasteiger partial charge >= 0.3 is 0 Å². The van der Waals surface area contributed by atoms with Crippen molar-refractivity contribution in [1.29, 1.82) is 0 Å². The van der Waals surface area contributed by atoms with E-state index in [1.165, 1.54) is 12.1 Å². The highest BCUT2D eigenvalue weighted by Crippen LogP contribution is 2.31. The zero-order valence-corrected chi connectivity index (χ0v) is 12.7. The fourth-order valence-electron chi connectivity index (χ4n) is 3.04. The third-order valence-electron chi connectivity index (χ3n) is 4.42. The Labute approximate surface area is 125 Å². The van der Waals surface area contributed by atoms with Gasteiger partial charge < -0.3 is 10.5 Å². The lowest BCUT2D eigenvalue weighted by molar-refractivity contribution is -0.0608. The van der Waals surface area contributed by atoms with Crippen LogP contribution >= 0.6 is 0 Å². The molecule has 2 rings (SSSR count). The van der Waals surface area contributed by atoms with Crippen molar-refractivity contribution in [2.24, 2.45) is 5.73 Å². The van der Waals surface area contributed by atoms with Gasteiger partial charge in [-0.1, -0.05) is 24.3 Å². The lowest BCUT2D eigenvalue weighted by Gasteiger charge is -2.43. The van der Waals surface area contributed by atoms with E-state index < -0.39 is 6.43 Å². The van der Waals surface area contributed by atoms with E-state index in [9.17, 15) is 8.78 Å². The summed E-state index contributed by atoms with van der Waals surface area (Å²) < 4.78 is 30.9. The number of piperidine rings is 1. The van der Waals surface area contributed by atoms with Gasteiger partial charge in [-0.25, -0.2) is 8.78 Å². The van der Waals surface area contributed by atoms with Gasteiger partial charge in [0.1, 0.15) is 0 Å². The molecule has 0 spiro atoms. The number of hydrogen-bond acceptors (Lipinski definition) is 3. The lowest BCUT2D eigenvalue weighted by atomic mass is 9.92. The average molecular weight is 298 g/mol. The summed E-state index contributed by atoms with van der Waals surface area (Å²) in [5.41, 5.74) is 6.81. The normalized spacial score (nSPS) is 25.2. The molecule has 0 aliphatic carbocycles. The molecule has 0 saturated carbocycles. The van der Waals surface area contributed by atoms with Crippen LogP contribution < -0.4 is 5.73 Å². The standard InChI is InChI=1S/C16H24F2N2O/c1-16(21-2)8-3-9-20(11-16)14(10-19)12-4-6-13(7-5-12)15(17)18/h4-7,14-15H,3,8-11,19H2,1-2H3. The van der Waals surface area contributed by atoms with E-state index in [4.69, 9.17) is 10.5 Å². The number of nitrogens with two attached hydrogens (primary N) is 1. The summed E-state index contributed by atoms with van der Waals surface area (Å²) in [6.07, 6.45) is -0.348. The zero-order valence-electron chi connectivity index (χ0n) is 12.7. The van der Waals surface area contributed by atoms with Crippen molar-refractivity contribution >= 4 is 0 Å². The molecule has 2 unspecified atom stereocenters. The summed E-state index contributed by atoms with van der Waals surface area (Å²) in [5.74, 6) is 0. The monoisotopic (exact) mass is 298 g/mol. The number of alkyl halides is 2. The molecule has 1 heterocycles. The summed E-state index contributed by atoms with van der Waals surface area (Å²) in [5, 5.41) is 0. The number of ether oxygens (including phenoxy) is 1. The average Bonchev–Trinajstić information content (AvgIpc) is 2.49. The van der Waals surface area contributed by atoms with Gasteiger partial charge in [0.15, 0.2) is 0 Å². The van der Waals surface area contributed by atoms with Crippen molar-refractivity contribution in [3.63, 3.8) is 0 Å². The van der Waals surface area contributed by atoms with Crippen molar-refractivity contribution in [3.05, 3.63) is 35.4 Å². The second-order valence-corrected chi connectivity index (χ2v) is 5.95. The molecule has 1 fully saturated rings. The molecule has 2 N–H and O–H groups in total. The van der Waals surface area contributed by atoms with E-state index in [0.29, 0.717) is 6.54 Å². The third-order valence-corrected chi connectivity index (χ3v) is 4.42. The number of halogens is 2. The maximum Gasteiger partial charge on any atom is 0.263 e. The molecule has 2 atom stereocenters. The molecule has 1 aromatic rings. The van der Waals surface area contributed by atoms with Crippen molar-refractivity contribution in [2.45, 2.75) is 37.8 Å². The molecule has 0 amide bonds. The highest BCUT2D eigenvalue weighted by molar-refractivity contribution is 5.26. The van der Waals surface area contributed by atoms with Gasteiger partial charge in [0.25, 0.3) is 6.43 Å². The van der Waals surface area contributed by atoms with Crippen LogP contribution in [0.3, 0.4) is 0 Å². The van der Waals surface area contributed by atoms with Gasteiger partial charge in [-0.3, -0.25) is 4.90 Å². The van der Waals surface area contributed by atoms with Crippen LogP contribution in [0.2, 0.25) is 0 Å². The Morgan fingerprint density at radius 2 is 1.90 bits per heavy atom. The molecule has 0 radical (unpaired) electrons. The maximum atomic E-state index is 12.6. The quantitative estimate of drug-likeness (QED) is 0.907. The largest absolute Gasteiger partial charge is 0.377 e. The van der Waals surface area contributed by atoms with Gasteiger partial charge in [-0.05, 0) is 31.9 Å². The molecule has 1 aromatic carbocycles. The summed E-state index contributed by atoms with van der Waals surface area (Å²) in [4.78, 5) is 2.30. The predicted molar refractivity (Wildman–Crippen MR) is 79.4 cm³/mol. The Bertz CT molecular complexity index is 452. The molecule has 1 aliphatic heterocycles. The summed E-state index contributed by atoms with van der Waals surface area (Å²) in [7, 11) is 1.73. The fraction of sp³-hybridized carbons (Fsp3) is 0.625. The smallest absolute Gasteiger partial charge is 0.263 e. The second-order valence-electron chi connectivity index (χ2n) is 5.95. The zero-order chi connectivity index (χ0) is 15.5. The predicted octanol–water partition coefficient (Wildman–Crippen LogP) is 3.12. The minimum Gasteiger partial charge on any atom is -0.377 e. The van der Waals surface area contributed by atoms with Crippen molar-refractivity contribution in [3.8, 4) is 0 Å². The minimum absolute atomic E-state index is 0.0477. The SMILES string of the molecule is COC1(C)CCCN(C(CN)c2ccc(C(F)F)cc2)C1. The number of methoxy groups -OCH3 is 1. The minimum atomic E-state index is -2.43. The first kappa shape index (κ1) is 16.3. The van der Waals surface area contributed by atoms with Crippen LogP contribution in [0, 0.1) is 0 Å². The van der Waals surface area contributed by atoms with Gasteiger partial charge in [-0.15, -0.1) is 0 Å². The van der Waals surface area contributed by atoms with Crippen molar-refractivity contribution < 1.29 is 13.5 Å². The van der Waals surface area contributed by atoms with E-state index >= 15 is 0 Å². The van der Waals surface area contributed by atoms with Crippen LogP contribution in [-0.4, -0.2) is 37.2 Å². The summed E-state index contributed by atoms with van der Waals surface area (Å²) >= 11 is 0. The van der Waals surface area contributed by atoms with Crippen LogP contribution in [0.5, 0.6) is 0 Å². The molecule has 1 aliphatic rings. The molecular formula is C16H24F2N2O. The Balaban J connectivity index is 2.15. The van der Waals surface area contributed by atoms with E-state index in [0.717, 1.165) is 31.5 Å². The molecule has 21 heavy (non-hydrogen) atoms. The maximum absolute atomic E-state index is 12.6. The first-order valence-corrected chi connectivity index (χ1v) is 7.36. The molecule has 1 saturated heterocycles. The number of rotatable bonds is 5. The third kappa shape index (κ3) is 3.78. The van der Waals surface area contributed by atoms with Gasteiger partial charge in [0.05, 0.1) is 5.60 Å². The highest BCUT2D eigenvalue weighted by atomic mass is 19.3. The van der Waals surface area contributed by atoms with E-state index in [-0.39, 0.29) is 17.2 Å². The Morgan fingerprint density at radius 3 is 2.43 bits per heavy atom. The van der Waals surface area contributed by atoms with Crippen LogP contribution in [0.15, 0.2) is 24.3 Å². The molecule has 5 heteroatoms. The van der Waals surface area contributed by atoms with Crippen LogP contribution in [0.1, 0.15) is 43.4 Å². The fourth-order valence-corrected chi connectivity index (χ4v) is 3.04. The Kier molecular flexibility index (Phi) is 5.30. The van der Waals surface area contributed by atoms with E-state index in [2.05, 4.69) is 11.8 Å². The van der Waals surface area contributed by atoms with Gasteiger partial charge in [0.2, 0.25) is 0 Å². The van der Waals surface area contributed by atoms with Crippen molar-refractivity contribution in [1.82, 2.24) is 4.90 Å². The second kappa shape index (κ2) is 6.81. The number of benzene rings is 1. The first-order chi connectivity index (χ1) is 9.99. The summed E-state index contributed by atoms with van der Waals surface area (Å²) in [6, 6.07) is 6.55. The Hall–Kier alpha value is -1.04. The Morgan fingerprint density at radius 1 is 1.29 bits per heavy atom. The topological polar surface area (TPSA) is 38.5 Å². The number of nitrogens with zero attached hydrogens (tertiary/aromatic N) is 1. The molecular weight excluding hydrogens is 274 g/mol. The molecule has 118 valence electrons. The highest BCUT2D eigenvalue weighted by Gasteiger charge is 2.34. The number of likely N-dealkylation sites (tertiary alicyclic amines) is 1. The molecule has 3 nitrogen and oxygen atoms in total. The van der Waals surface area contributed by atoms with E-state index in [1.807, 2.05) is 0 Å². The van der Waals surface area contributed by atoms with Crippen LogP contribution in [-0.2, 0) is 4.74 Å².